The van der Waals surface area contributed by atoms with Crippen LogP contribution in [0.3, 0.4) is 0 Å². The van der Waals surface area contributed by atoms with Gasteiger partial charge >= 0.3 is 0 Å². The zero-order chi connectivity index (χ0) is 16.1. The monoisotopic (exact) mass is 329 g/mol. The zero-order valence-electron chi connectivity index (χ0n) is 12.5. The van der Waals surface area contributed by atoms with Crippen molar-refractivity contribution in [3.8, 4) is 11.8 Å². The molecule has 0 heterocycles. The van der Waals surface area contributed by atoms with Crippen molar-refractivity contribution in [2.24, 2.45) is 0 Å². The van der Waals surface area contributed by atoms with Gasteiger partial charge in [-0.2, -0.15) is 5.26 Å². The molecule has 0 aromatic heterocycles. The predicted molar refractivity (Wildman–Crippen MR) is 83.1 cm³/mol. The third-order valence-electron chi connectivity index (χ3n) is 2.98. The van der Waals surface area contributed by atoms with Crippen LogP contribution in [-0.4, -0.2) is 15.0 Å². The fourth-order valence-electron chi connectivity index (χ4n) is 1.86. The lowest BCUT2D eigenvalue weighted by atomic mass is 9.86. The summed E-state index contributed by atoms with van der Waals surface area (Å²) in [6.45, 7) is 6.44. The first-order valence-electron chi connectivity index (χ1n) is 6.75. The minimum atomic E-state index is -3.75. The van der Waals surface area contributed by atoms with Crippen molar-refractivity contribution in [3.05, 3.63) is 23.8 Å². The molecule has 0 N–H and O–H groups in total. The molecule has 116 valence electrons. The maximum atomic E-state index is 11.4. The number of rotatable bonds is 6. The summed E-state index contributed by atoms with van der Waals surface area (Å²) < 4.78 is 28.6. The van der Waals surface area contributed by atoms with Gasteiger partial charge in [-0.3, -0.25) is 0 Å². The molecular formula is C15H20ClNO3S. The van der Waals surface area contributed by atoms with Crippen LogP contribution in [0.4, 0.5) is 0 Å². The molecule has 0 aliphatic heterocycles. The van der Waals surface area contributed by atoms with Crippen LogP contribution in [0.25, 0.3) is 0 Å². The van der Waals surface area contributed by atoms with Gasteiger partial charge in [0, 0.05) is 22.7 Å². The van der Waals surface area contributed by atoms with E-state index in [4.69, 9.17) is 20.7 Å². The predicted octanol–water partition coefficient (Wildman–Crippen LogP) is 3.98. The molecule has 21 heavy (non-hydrogen) atoms. The molecule has 0 bridgehead atoms. The Bertz CT molecular complexity index is 627. The van der Waals surface area contributed by atoms with E-state index in [-0.39, 0.29) is 10.3 Å². The molecule has 1 aromatic rings. The smallest absolute Gasteiger partial charge is 0.261 e. The number of benzene rings is 1. The number of hydrogen-bond donors (Lipinski definition) is 0. The molecule has 0 spiro atoms. The van der Waals surface area contributed by atoms with E-state index in [0.717, 1.165) is 18.4 Å². The van der Waals surface area contributed by atoms with Gasteiger partial charge in [0.05, 0.1) is 17.6 Å². The Morgan fingerprint density at radius 1 is 1.29 bits per heavy atom. The number of halogens is 1. The van der Waals surface area contributed by atoms with Crippen LogP contribution in [-0.2, 0) is 14.5 Å². The molecular weight excluding hydrogens is 310 g/mol. The van der Waals surface area contributed by atoms with E-state index in [9.17, 15) is 8.42 Å². The van der Waals surface area contributed by atoms with Gasteiger partial charge in [-0.15, -0.1) is 0 Å². The molecule has 0 unspecified atom stereocenters. The molecule has 0 saturated carbocycles. The zero-order valence-corrected chi connectivity index (χ0v) is 14.1. The van der Waals surface area contributed by atoms with Crippen molar-refractivity contribution in [3.63, 3.8) is 0 Å². The fraction of sp³-hybridized carbons (Fsp3) is 0.533. The van der Waals surface area contributed by atoms with Crippen molar-refractivity contribution in [2.45, 2.75) is 50.3 Å². The van der Waals surface area contributed by atoms with E-state index in [1.54, 1.807) is 12.1 Å². The minimum Gasteiger partial charge on any atom is -0.493 e. The summed E-state index contributed by atoms with van der Waals surface area (Å²) in [6, 6.07) is 6.74. The maximum absolute atomic E-state index is 11.4. The van der Waals surface area contributed by atoms with Crippen molar-refractivity contribution in [1.82, 2.24) is 0 Å². The Hall–Kier alpha value is -1.25. The third kappa shape index (κ3) is 5.56. The van der Waals surface area contributed by atoms with Crippen molar-refractivity contribution >= 4 is 19.7 Å². The van der Waals surface area contributed by atoms with Gasteiger partial charge in [0.1, 0.15) is 5.75 Å². The highest BCUT2D eigenvalue weighted by Gasteiger charge is 2.22. The summed E-state index contributed by atoms with van der Waals surface area (Å²) >= 11 is 0. The van der Waals surface area contributed by atoms with Gasteiger partial charge in [0.15, 0.2) is 0 Å². The number of hydrogen-bond acceptors (Lipinski definition) is 4. The summed E-state index contributed by atoms with van der Waals surface area (Å²) in [6.07, 6.45) is 2.08. The SMILES string of the molecule is CC(C)(C)c1cc(S(=O)(=O)Cl)ccc1OCCCCC#N. The van der Waals surface area contributed by atoms with E-state index in [1.165, 1.54) is 6.07 Å². The van der Waals surface area contributed by atoms with Crippen LogP contribution in [0, 0.1) is 11.3 Å². The average Bonchev–Trinajstić information content (AvgIpc) is 2.36. The molecule has 0 atom stereocenters. The van der Waals surface area contributed by atoms with Crippen LogP contribution in [0.2, 0.25) is 0 Å². The Labute approximate surface area is 131 Å². The van der Waals surface area contributed by atoms with Crippen LogP contribution in [0.15, 0.2) is 23.1 Å². The summed E-state index contributed by atoms with van der Waals surface area (Å²) in [5.41, 5.74) is 0.532. The summed E-state index contributed by atoms with van der Waals surface area (Å²) in [7, 11) is 1.64. The highest BCUT2D eigenvalue weighted by Crippen LogP contribution is 2.34. The molecule has 6 heteroatoms. The number of ether oxygens (including phenoxy) is 1. The van der Waals surface area contributed by atoms with E-state index < -0.39 is 9.05 Å². The Balaban J connectivity index is 2.96. The van der Waals surface area contributed by atoms with Crippen molar-refractivity contribution in [2.75, 3.05) is 6.61 Å². The second-order valence-electron chi connectivity index (χ2n) is 5.81. The second kappa shape index (κ2) is 7.15. The molecule has 0 aliphatic carbocycles. The van der Waals surface area contributed by atoms with Gasteiger partial charge in [0.25, 0.3) is 9.05 Å². The van der Waals surface area contributed by atoms with Crippen LogP contribution in [0.1, 0.15) is 45.6 Å². The minimum absolute atomic E-state index is 0.0749. The van der Waals surface area contributed by atoms with Gasteiger partial charge in [-0.25, -0.2) is 8.42 Å². The van der Waals surface area contributed by atoms with E-state index in [2.05, 4.69) is 6.07 Å². The molecule has 0 amide bonds. The van der Waals surface area contributed by atoms with E-state index >= 15 is 0 Å². The van der Waals surface area contributed by atoms with Gasteiger partial charge < -0.3 is 4.74 Å². The van der Waals surface area contributed by atoms with Crippen molar-refractivity contribution in [1.29, 1.82) is 5.26 Å². The Kier molecular flexibility index (Phi) is 6.06. The first-order valence-corrected chi connectivity index (χ1v) is 9.06. The number of unbranched alkanes of at least 4 members (excludes halogenated alkanes) is 2. The van der Waals surface area contributed by atoms with Crippen LogP contribution >= 0.6 is 10.7 Å². The molecule has 0 aliphatic rings. The van der Waals surface area contributed by atoms with Crippen LogP contribution in [0.5, 0.6) is 5.75 Å². The molecule has 0 fully saturated rings. The quantitative estimate of drug-likeness (QED) is 0.584. The third-order valence-corrected chi connectivity index (χ3v) is 4.33. The normalized spacial score (nSPS) is 12.0. The second-order valence-corrected chi connectivity index (χ2v) is 8.38. The lowest BCUT2D eigenvalue weighted by molar-refractivity contribution is 0.299. The molecule has 4 nitrogen and oxygen atoms in total. The highest BCUT2D eigenvalue weighted by atomic mass is 35.7. The van der Waals surface area contributed by atoms with Crippen molar-refractivity contribution < 1.29 is 13.2 Å². The first-order chi connectivity index (χ1) is 9.66. The lowest BCUT2D eigenvalue weighted by Gasteiger charge is -2.23. The largest absolute Gasteiger partial charge is 0.493 e. The summed E-state index contributed by atoms with van der Waals surface area (Å²) in [5.74, 6) is 0.656. The summed E-state index contributed by atoms with van der Waals surface area (Å²) in [5, 5.41) is 8.48. The fourth-order valence-corrected chi connectivity index (χ4v) is 2.64. The van der Waals surface area contributed by atoms with Crippen LogP contribution < -0.4 is 4.74 Å². The van der Waals surface area contributed by atoms with E-state index in [0.29, 0.717) is 18.8 Å². The Morgan fingerprint density at radius 3 is 2.48 bits per heavy atom. The molecule has 1 aromatic carbocycles. The molecule has 0 saturated heterocycles. The van der Waals surface area contributed by atoms with Gasteiger partial charge in [-0.05, 0) is 36.5 Å². The standard InChI is InChI=1S/C15H20ClNO3S/c1-15(2,3)13-11-12(21(16,18)19)7-8-14(13)20-10-6-4-5-9-17/h7-8,11H,4-6,10H2,1-3H3. The maximum Gasteiger partial charge on any atom is 0.261 e. The Morgan fingerprint density at radius 2 is 1.95 bits per heavy atom. The average molecular weight is 330 g/mol. The first kappa shape index (κ1) is 17.8. The van der Waals surface area contributed by atoms with Gasteiger partial charge in [-0.1, -0.05) is 20.8 Å². The summed E-state index contributed by atoms with van der Waals surface area (Å²) in [4.78, 5) is 0.0749. The van der Waals surface area contributed by atoms with Gasteiger partial charge in [0.2, 0.25) is 0 Å². The van der Waals surface area contributed by atoms with E-state index in [1.807, 2.05) is 20.8 Å². The lowest BCUT2D eigenvalue weighted by Crippen LogP contribution is -2.14. The topological polar surface area (TPSA) is 67.2 Å². The number of nitriles is 1. The number of nitrogens with zero attached hydrogens (tertiary/aromatic N) is 1. The molecule has 1 rings (SSSR count). The highest BCUT2D eigenvalue weighted by molar-refractivity contribution is 8.13. The molecule has 0 radical (unpaired) electrons.